The highest BCUT2D eigenvalue weighted by molar-refractivity contribution is 6.02. The maximum atomic E-state index is 12.4. The van der Waals surface area contributed by atoms with Crippen LogP contribution in [0.15, 0.2) is 36.4 Å². The zero-order valence-corrected chi connectivity index (χ0v) is 13.1. The van der Waals surface area contributed by atoms with Crippen molar-refractivity contribution in [2.24, 2.45) is 0 Å². The quantitative estimate of drug-likeness (QED) is 0.899. The third-order valence-electron chi connectivity index (χ3n) is 3.82. The van der Waals surface area contributed by atoms with Crippen LogP contribution < -0.4 is 20.1 Å². The van der Waals surface area contributed by atoms with Crippen molar-refractivity contribution in [2.45, 2.75) is 19.7 Å². The molecule has 2 aromatic rings. The van der Waals surface area contributed by atoms with Crippen molar-refractivity contribution in [1.82, 2.24) is 5.32 Å². The van der Waals surface area contributed by atoms with Crippen LogP contribution in [0.1, 0.15) is 27.7 Å². The van der Waals surface area contributed by atoms with E-state index in [1.807, 2.05) is 19.1 Å². The number of fused-ring (bicyclic) bond motifs is 1. The summed E-state index contributed by atoms with van der Waals surface area (Å²) in [5.74, 6) is -0.0984. The predicted octanol–water partition coefficient (Wildman–Crippen LogP) is 3.46. The first-order valence-corrected chi connectivity index (χ1v) is 7.29. The van der Waals surface area contributed by atoms with E-state index in [4.69, 9.17) is 4.74 Å². The lowest BCUT2D eigenvalue weighted by Gasteiger charge is -2.29. The molecule has 0 bridgehead atoms. The number of nitrogens with one attached hydrogen (secondary N) is 2. The van der Waals surface area contributed by atoms with Crippen LogP contribution in [0.4, 0.5) is 14.5 Å². The highest BCUT2D eigenvalue weighted by Gasteiger charge is 2.26. The number of para-hydroxylation sites is 1. The van der Waals surface area contributed by atoms with E-state index in [0.29, 0.717) is 11.1 Å². The number of alkyl halides is 2. The number of ether oxygens (including phenoxy) is 2. The lowest BCUT2D eigenvalue weighted by Crippen LogP contribution is -2.38. The van der Waals surface area contributed by atoms with Gasteiger partial charge in [-0.1, -0.05) is 18.2 Å². The molecule has 1 aliphatic heterocycles. The summed E-state index contributed by atoms with van der Waals surface area (Å²) in [6.45, 7) is -1.03. The van der Waals surface area contributed by atoms with Gasteiger partial charge in [0.25, 0.3) is 5.91 Å². The van der Waals surface area contributed by atoms with Gasteiger partial charge in [-0.2, -0.15) is 8.78 Å². The second-order valence-corrected chi connectivity index (χ2v) is 5.34. The van der Waals surface area contributed by atoms with Crippen LogP contribution in [0, 0.1) is 6.92 Å². The van der Waals surface area contributed by atoms with Crippen molar-refractivity contribution in [3.63, 3.8) is 0 Å². The molecule has 126 valence electrons. The molecule has 0 aromatic heterocycles. The first kappa shape index (κ1) is 16.0. The van der Waals surface area contributed by atoms with Gasteiger partial charge in [-0.3, -0.25) is 4.79 Å². The van der Waals surface area contributed by atoms with Gasteiger partial charge in [-0.05, 0) is 36.2 Å². The first-order chi connectivity index (χ1) is 11.5. The molecule has 2 N–H and O–H groups in total. The fraction of sp³-hybridized carbons (Fsp3) is 0.235. The van der Waals surface area contributed by atoms with Gasteiger partial charge < -0.3 is 20.1 Å². The molecule has 0 radical (unpaired) electrons. The molecule has 2 aromatic carbocycles. The Labute approximate surface area is 137 Å². The van der Waals surface area contributed by atoms with Gasteiger partial charge in [0.2, 0.25) is 0 Å². The molecule has 0 spiro atoms. The molecule has 1 unspecified atom stereocenters. The lowest BCUT2D eigenvalue weighted by molar-refractivity contribution is -0.0512. The number of hydrogen-bond acceptors (Lipinski definition) is 4. The standard InChI is InChI=1S/C17H16F2N2O3/c1-9-4-3-5-11-14(9)20-15(21-16(11)22)10-6-7-12(24-17(18)19)13(8-10)23-2/h3-8,15,17,20H,1-2H3,(H,21,22). The van der Waals surface area contributed by atoms with Crippen LogP contribution >= 0.6 is 0 Å². The summed E-state index contributed by atoms with van der Waals surface area (Å²) in [6, 6.07) is 10.00. The summed E-state index contributed by atoms with van der Waals surface area (Å²) < 4.78 is 34.3. The largest absolute Gasteiger partial charge is 0.493 e. The second kappa shape index (κ2) is 6.35. The average Bonchev–Trinajstić information content (AvgIpc) is 2.55. The van der Waals surface area contributed by atoms with Crippen LogP contribution in [0.5, 0.6) is 11.5 Å². The summed E-state index contributed by atoms with van der Waals surface area (Å²) in [6.07, 6.45) is -0.499. The van der Waals surface area contributed by atoms with Crippen molar-refractivity contribution >= 4 is 11.6 Å². The van der Waals surface area contributed by atoms with Gasteiger partial charge in [-0.15, -0.1) is 0 Å². The zero-order chi connectivity index (χ0) is 17.3. The number of aryl methyl sites for hydroxylation is 1. The van der Waals surface area contributed by atoms with E-state index >= 15 is 0 Å². The minimum absolute atomic E-state index is 0.0602. The lowest BCUT2D eigenvalue weighted by atomic mass is 10.0. The Morgan fingerprint density at radius 2 is 1.92 bits per heavy atom. The SMILES string of the molecule is COc1cc(C2NC(=O)c3cccc(C)c3N2)ccc1OC(F)F. The number of carbonyl (C=O) groups is 1. The molecule has 24 heavy (non-hydrogen) atoms. The predicted molar refractivity (Wildman–Crippen MR) is 84.6 cm³/mol. The molecule has 0 saturated carbocycles. The minimum atomic E-state index is -2.94. The van der Waals surface area contributed by atoms with E-state index in [-0.39, 0.29) is 17.4 Å². The molecule has 7 heteroatoms. The van der Waals surface area contributed by atoms with Crippen molar-refractivity contribution in [3.05, 3.63) is 53.1 Å². The molecule has 1 heterocycles. The van der Waals surface area contributed by atoms with Crippen LogP contribution in [0.2, 0.25) is 0 Å². The Morgan fingerprint density at radius 3 is 2.62 bits per heavy atom. The van der Waals surface area contributed by atoms with Gasteiger partial charge in [0.15, 0.2) is 11.5 Å². The van der Waals surface area contributed by atoms with E-state index < -0.39 is 12.8 Å². The molecular formula is C17H16F2N2O3. The van der Waals surface area contributed by atoms with Crippen molar-refractivity contribution in [3.8, 4) is 11.5 Å². The highest BCUT2D eigenvalue weighted by atomic mass is 19.3. The molecule has 1 aliphatic rings. The van der Waals surface area contributed by atoms with Gasteiger partial charge in [-0.25, -0.2) is 0 Å². The molecule has 0 saturated heterocycles. The number of hydrogen-bond donors (Lipinski definition) is 2. The summed E-state index contributed by atoms with van der Waals surface area (Å²) in [5, 5.41) is 6.08. The Bertz CT molecular complexity index is 780. The van der Waals surface area contributed by atoms with Crippen molar-refractivity contribution in [1.29, 1.82) is 0 Å². The van der Waals surface area contributed by atoms with E-state index in [1.165, 1.54) is 13.2 Å². The highest BCUT2D eigenvalue weighted by Crippen LogP contribution is 2.34. The maximum absolute atomic E-state index is 12.4. The first-order valence-electron chi connectivity index (χ1n) is 7.29. The normalized spacial score (nSPS) is 16.2. The second-order valence-electron chi connectivity index (χ2n) is 5.34. The molecule has 1 amide bonds. The molecule has 3 rings (SSSR count). The van der Waals surface area contributed by atoms with Gasteiger partial charge in [0, 0.05) is 0 Å². The van der Waals surface area contributed by atoms with Gasteiger partial charge in [0.05, 0.1) is 18.4 Å². The number of benzene rings is 2. The zero-order valence-electron chi connectivity index (χ0n) is 13.1. The average molecular weight is 334 g/mol. The topological polar surface area (TPSA) is 59.6 Å². The number of amides is 1. The fourth-order valence-electron chi connectivity index (χ4n) is 2.66. The Morgan fingerprint density at radius 1 is 1.12 bits per heavy atom. The maximum Gasteiger partial charge on any atom is 0.387 e. The summed E-state index contributed by atoms with van der Waals surface area (Å²) in [5.41, 5.74) is 2.92. The van der Waals surface area contributed by atoms with Crippen LogP contribution in [-0.2, 0) is 0 Å². The van der Waals surface area contributed by atoms with Crippen LogP contribution in [-0.4, -0.2) is 19.6 Å². The number of methoxy groups -OCH3 is 1. The van der Waals surface area contributed by atoms with Crippen LogP contribution in [0.25, 0.3) is 0 Å². The third kappa shape index (κ3) is 2.97. The molecule has 0 fully saturated rings. The summed E-state index contributed by atoms with van der Waals surface area (Å²) in [7, 11) is 1.36. The Hall–Kier alpha value is -2.83. The number of carbonyl (C=O) groups excluding carboxylic acids is 1. The minimum Gasteiger partial charge on any atom is -0.493 e. The van der Waals surface area contributed by atoms with E-state index in [1.54, 1.807) is 18.2 Å². The molecule has 0 aliphatic carbocycles. The fourth-order valence-corrected chi connectivity index (χ4v) is 2.66. The van der Waals surface area contributed by atoms with Gasteiger partial charge in [0.1, 0.15) is 6.17 Å². The van der Waals surface area contributed by atoms with Crippen molar-refractivity contribution in [2.75, 3.05) is 12.4 Å². The van der Waals surface area contributed by atoms with E-state index in [0.717, 1.165) is 11.3 Å². The molecular weight excluding hydrogens is 318 g/mol. The summed E-state index contributed by atoms with van der Waals surface area (Å²) >= 11 is 0. The van der Waals surface area contributed by atoms with Gasteiger partial charge >= 0.3 is 6.61 Å². The number of anilines is 1. The Balaban J connectivity index is 1.93. The third-order valence-corrected chi connectivity index (χ3v) is 3.82. The van der Waals surface area contributed by atoms with E-state index in [2.05, 4.69) is 15.4 Å². The summed E-state index contributed by atoms with van der Waals surface area (Å²) in [4.78, 5) is 12.3. The Kier molecular flexibility index (Phi) is 4.24. The molecule has 5 nitrogen and oxygen atoms in total. The smallest absolute Gasteiger partial charge is 0.387 e. The van der Waals surface area contributed by atoms with E-state index in [9.17, 15) is 13.6 Å². The monoisotopic (exact) mass is 334 g/mol. The number of rotatable bonds is 4. The van der Waals surface area contributed by atoms with Crippen molar-refractivity contribution < 1.29 is 23.0 Å². The van der Waals surface area contributed by atoms with Crippen LogP contribution in [0.3, 0.4) is 0 Å². The molecule has 1 atom stereocenters. The number of halogens is 2.